The van der Waals surface area contributed by atoms with Crippen molar-refractivity contribution in [2.24, 2.45) is 0 Å². The molecular weight excluding hydrogens is 426 g/mol. The topological polar surface area (TPSA) is 139 Å². The zero-order valence-electron chi connectivity index (χ0n) is 17.0. The molecule has 11 nitrogen and oxygen atoms in total. The number of β-lactam (4-membered cyclic amide) rings is 1. The van der Waals surface area contributed by atoms with Crippen LogP contribution in [0.15, 0.2) is 30.3 Å². The zero-order chi connectivity index (χ0) is 22.8. The van der Waals surface area contributed by atoms with Gasteiger partial charge in [0.1, 0.15) is 0 Å². The number of amides is 5. The highest BCUT2D eigenvalue weighted by molar-refractivity contribution is 8.00. The number of likely N-dealkylation sites (N-methyl/N-ethyl adjacent to an activating group) is 1. The van der Waals surface area contributed by atoms with Crippen molar-refractivity contribution in [2.45, 2.75) is 17.8 Å². The Hall–Kier alpha value is -3.28. The number of rotatable bonds is 7. The number of carboxylic acid groups (broad SMARTS) is 1. The molecule has 0 bridgehead atoms. The second kappa shape index (κ2) is 8.84. The van der Waals surface area contributed by atoms with Crippen molar-refractivity contribution in [1.29, 1.82) is 0 Å². The molecule has 1 aromatic rings. The maximum atomic E-state index is 13.3. The van der Waals surface area contributed by atoms with Crippen molar-refractivity contribution in [3.63, 3.8) is 0 Å². The molecule has 166 valence electrons. The lowest BCUT2D eigenvalue weighted by Crippen LogP contribution is -2.72. The van der Waals surface area contributed by atoms with Gasteiger partial charge in [0.05, 0.1) is 13.1 Å². The molecule has 2 aliphatic rings. The standard InChI is InChI=1S/C19H23N5O6S/c1-3-22-9-10-23(16(27)15(22)26)24(18(29)30)13(12-7-5-4-6-8-12)14(25)21-19(31-2)11-20-17(19)28/h4-8,13H,3,9-11H2,1-2H3,(H,20,28)(H,21,25)(H,29,30). The number of hydrogen-bond donors (Lipinski definition) is 3. The summed E-state index contributed by atoms with van der Waals surface area (Å²) in [6.07, 6.45) is 0.0730. The monoisotopic (exact) mass is 449 g/mol. The van der Waals surface area contributed by atoms with Crippen molar-refractivity contribution in [2.75, 3.05) is 32.4 Å². The molecular formula is C19H23N5O6S. The third-order valence-electron chi connectivity index (χ3n) is 5.27. The van der Waals surface area contributed by atoms with E-state index in [0.29, 0.717) is 11.6 Å². The van der Waals surface area contributed by atoms with Gasteiger partial charge in [0, 0.05) is 13.1 Å². The van der Waals surface area contributed by atoms with Crippen molar-refractivity contribution in [3.05, 3.63) is 35.9 Å². The molecule has 0 aliphatic carbocycles. The molecule has 0 radical (unpaired) electrons. The third kappa shape index (κ3) is 4.02. The summed E-state index contributed by atoms with van der Waals surface area (Å²) in [6.45, 7) is 2.24. The number of piperazine rings is 1. The molecule has 2 unspecified atom stereocenters. The number of hydrazine groups is 1. The number of hydrogen-bond acceptors (Lipinski definition) is 6. The van der Waals surface area contributed by atoms with Gasteiger partial charge < -0.3 is 20.6 Å². The second-order valence-corrected chi connectivity index (χ2v) is 8.06. The van der Waals surface area contributed by atoms with E-state index < -0.39 is 40.6 Å². The molecule has 5 amide bonds. The minimum absolute atomic E-state index is 0.0878. The number of nitrogens with zero attached hydrogens (tertiary/aromatic N) is 3. The van der Waals surface area contributed by atoms with Crippen LogP contribution in [0.25, 0.3) is 0 Å². The normalized spacial score (nSPS) is 21.8. The van der Waals surface area contributed by atoms with E-state index in [4.69, 9.17) is 0 Å². The predicted molar refractivity (Wildman–Crippen MR) is 110 cm³/mol. The molecule has 1 aromatic carbocycles. The van der Waals surface area contributed by atoms with E-state index in [1.165, 1.54) is 4.90 Å². The summed E-state index contributed by atoms with van der Waals surface area (Å²) < 4.78 is 0. The Morgan fingerprint density at radius 1 is 1.23 bits per heavy atom. The number of carbonyl (C=O) groups is 5. The third-order valence-corrected chi connectivity index (χ3v) is 6.40. The van der Waals surface area contributed by atoms with E-state index in [9.17, 15) is 29.1 Å². The lowest BCUT2D eigenvalue weighted by atomic mass is 10.0. The van der Waals surface area contributed by atoms with Crippen LogP contribution >= 0.6 is 11.8 Å². The van der Waals surface area contributed by atoms with Crippen molar-refractivity contribution < 1.29 is 29.1 Å². The minimum atomic E-state index is -1.58. The molecule has 12 heteroatoms. The Labute approximate surface area is 182 Å². The summed E-state index contributed by atoms with van der Waals surface area (Å²) in [7, 11) is 0. The van der Waals surface area contributed by atoms with E-state index in [2.05, 4.69) is 10.6 Å². The first-order valence-electron chi connectivity index (χ1n) is 9.59. The van der Waals surface area contributed by atoms with Crippen LogP contribution in [-0.4, -0.2) is 87.1 Å². The van der Waals surface area contributed by atoms with Crippen molar-refractivity contribution >= 4 is 41.5 Å². The van der Waals surface area contributed by atoms with E-state index in [1.807, 2.05) is 0 Å². The fourth-order valence-electron chi connectivity index (χ4n) is 3.47. The maximum absolute atomic E-state index is 13.3. The molecule has 3 N–H and O–H groups in total. The van der Waals surface area contributed by atoms with Crippen LogP contribution in [-0.2, 0) is 19.2 Å². The summed E-state index contributed by atoms with van der Waals surface area (Å²) in [5.74, 6) is -3.06. The quantitative estimate of drug-likeness (QED) is 0.293. The molecule has 2 fully saturated rings. The van der Waals surface area contributed by atoms with Crippen LogP contribution in [0.5, 0.6) is 0 Å². The number of nitrogens with one attached hydrogen (secondary N) is 2. The highest BCUT2D eigenvalue weighted by Gasteiger charge is 2.50. The van der Waals surface area contributed by atoms with Gasteiger partial charge in [-0.1, -0.05) is 30.3 Å². The Balaban J connectivity index is 1.99. The van der Waals surface area contributed by atoms with Gasteiger partial charge in [0.15, 0.2) is 10.9 Å². The van der Waals surface area contributed by atoms with Gasteiger partial charge in [-0.05, 0) is 18.7 Å². The maximum Gasteiger partial charge on any atom is 0.427 e. The summed E-state index contributed by atoms with van der Waals surface area (Å²) in [5.41, 5.74) is 0.288. The summed E-state index contributed by atoms with van der Waals surface area (Å²) in [4.78, 5) is 62.7. The molecule has 0 spiro atoms. The van der Waals surface area contributed by atoms with E-state index in [1.54, 1.807) is 43.5 Å². The lowest BCUT2D eigenvalue weighted by molar-refractivity contribution is -0.171. The lowest BCUT2D eigenvalue weighted by Gasteiger charge is -2.44. The van der Waals surface area contributed by atoms with Crippen LogP contribution in [0, 0.1) is 0 Å². The van der Waals surface area contributed by atoms with Gasteiger partial charge in [-0.3, -0.25) is 19.2 Å². The van der Waals surface area contributed by atoms with Crippen LogP contribution in [0.2, 0.25) is 0 Å². The first-order chi connectivity index (χ1) is 14.8. The van der Waals surface area contributed by atoms with Crippen molar-refractivity contribution in [1.82, 2.24) is 25.6 Å². The molecule has 3 rings (SSSR count). The van der Waals surface area contributed by atoms with Crippen molar-refractivity contribution in [3.8, 4) is 0 Å². The van der Waals surface area contributed by atoms with E-state index in [0.717, 1.165) is 16.8 Å². The molecule has 2 saturated heterocycles. The highest BCUT2D eigenvalue weighted by Crippen LogP contribution is 2.30. The smallest absolute Gasteiger partial charge is 0.427 e. The Morgan fingerprint density at radius 2 is 1.90 bits per heavy atom. The van der Waals surface area contributed by atoms with Gasteiger partial charge in [-0.25, -0.2) is 9.80 Å². The van der Waals surface area contributed by atoms with Gasteiger partial charge in [-0.15, -0.1) is 11.8 Å². The van der Waals surface area contributed by atoms with Crippen LogP contribution in [0.4, 0.5) is 4.79 Å². The predicted octanol–water partition coefficient (Wildman–Crippen LogP) is -0.381. The molecule has 0 saturated carbocycles. The molecule has 0 aromatic heterocycles. The SMILES string of the molecule is CCN1CCN(N(C(=O)O)C(C(=O)NC2(SC)CNC2=O)c2ccccc2)C(=O)C1=O. The van der Waals surface area contributed by atoms with Gasteiger partial charge >= 0.3 is 17.9 Å². The molecule has 2 aliphatic heterocycles. The molecule has 2 atom stereocenters. The van der Waals surface area contributed by atoms with Crippen LogP contribution < -0.4 is 10.6 Å². The van der Waals surface area contributed by atoms with Gasteiger partial charge in [0.2, 0.25) is 0 Å². The Morgan fingerprint density at radius 3 is 2.39 bits per heavy atom. The van der Waals surface area contributed by atoms with Crippen LogP contribution in [0.1, 0.15) is 18.5 Å². The molecule has 31 heavy (non-hydrogen) atoms. The van der Waals surface area contributed by atoms with Crippen LogP contribution in [0.3, 0.4) is 0 Å². The summed E-state index contributed by atoms with van der Waals surface area (Å²) in [6, 6.07) is 6.54. The zero-order valence-corrected chi connectivity index (χ0v) is 17.8. The average molecular weight is 449 g/mol. The fraction of sp³-hybridized carbons (Fsp3) is 0.421. The largest absolute Gasteiger partial charge is 0.464 e. The summed E-state index contributed by atoms with van der Waals surface area (Å²) >= 11 is 1.12. The minimum Gasteiger partial charge on any atom is -0.464 e. The van der Waals surface area contributed by atoms with E-state index in [-0.39, 0.29) is 25.2 Å². The van der Waals surface area contributed by atoms with Gasteiger partial charge in [-0.2, -0.15) is 5.01 Å². The fourth-order valence-corrected chi connectivity index (χ4v) is 4.15. The number of carbonyl (C=O) groups excluding carboxylic acids is 4. The Kier molecular flexibility index (Phi) is 6.39. The first kappa shape index (κ1) is 22.4. The average Bonchev–Trinajstić information content (AvgIpc) is 2.77. The van der Waals surface area contributed by atoms with Gasteiger partial charge in [0.25, 0.3) is 11.8 Å². The highest BCUT2D eigenvalue weighted by atomic mass is 32.2. The number of thioether (sulfide) groups is 1. The second-order valence-electron chi connectivity index (χ2n) is 6.96. The summed E-state index contributed by atoms with van der Waals surface area (Å²) in [5, 5.41) is 16.5. The number of benzene rings is 1. The first-order valence-corrected chi connectivity index (χ1v) is 10.8. The Bertz CT molecular complexity index is 908. The van der Waals surface area contributed by atoms with E-state index >= 15 is 0 Å². The molecule has 2 heterocycles.